The molecular formula is C21H21N5O2S. The van der Waals surface area contributed by atoms with Gasteiger partial charge in [0.1, 0.15) is 0 Å². The molecule has 2 aromatic heterocycles. The van der Waals surface area contributed by atoms with Crippen LogP contribution in [0.25, 0.3) is 16.7 Å². The monoisotopic (exact) mass is 407 g/mol. The van der Waals surface area contributed by atoms with Gasteiger partial charge in [0, 0.05) is 12.2 Å². The second-order valence-corrected chi connectivity index (χ2v) is 7.69. The lowest BCUT2D eigenvalue weighted by atomic mass is 10.2. The van der Waals surface area contributed by atoms with E-state index in [1.165, 1.54) is 11.8 Å². The Bertz CT molecular complexity index is 1260. The molecule has 2 heterocycles. The molecule has 0 aliphatic heterocycles. The van der Waals surface area contributed by atoms with Crippen molar-refractivity contribution in [3.63, 3.8) is 0 Å². The molecule has 1 N–H and O–H groups in total. The average Bonchev–Trinajstić information content (AvgIpc) is 3.15. The number of para-hydroxylation sites is 2. The first kappa shape index (κ1) is 19.2. The van der Waals surface area contributed by atoms with Crippen LogP contribution in [0.1, 0.15) is 18.9 Å². The largest absolute Gasteiger partial charge is 0.325 e. The summed E-state index contributed by atoms with van der Waals surface area (Å²) in [4.78, 5) is 25.3. The lowest BCUT2D eigenvalue weighted by Gasteiger charge is -2.10. The van der Waals surface area contributed by atoms with Crippen molar-refractivity contribution < 1.29 is 4.79 Å². The number of aromatic nitrogens is 4. The number of anilines is 1. The van der Waals surface area contributed by atoms with Crippen molar-refractivity contribution in [3.8, 4) is 0 Å². The zero-order valence-electron chi connectivity index (χ0n) is 16.3. The molecule has 0 spiro atoms. The van der Waals surface area contributed by atoms with E-state index < -0.39 is 0 Å². The topological polar surface area (TPSA) is 81.3 Å². The quantitative estimate of drug-likeness (QED) is 0.495. The average molecular weight is 407 g/mol. The molecule has 0 unspecified atom stereocenters. The number of fused-ring (bicyclic) bond motifs is 3. The number of carbonyl (C=O) groups is 1. The molecule has 0 aliphatic carbocycles. The molecule has 7 nitrogen and oxygen atoms in total. The molecule has 0 saturated carbocycles. The summed E-state index contributed by atoms with van der Waals surface area (Å²) in [6, 6.07) is 15.1. The maximum Gasteiger partial charge on any atom is 0.262 e. The van der Waals surface area contributed by atoms with E-state index >= 15 is 0 Å². The third-order valence-electron chi connectivity index (χ3n) is 4.68. The van der Waals surface area contributed by atoms with E-state index in [1.54, 1.807) is 4.57 Å². The summed E-state index contributed by atoms with van der Waals surface area (Å²) >= 11 is 1.30. The number of nitrogens with zero attached hydrogens (tertiary/aromatic N) is 4. The van der Waals surface area contributed by atoms with Gasteiger partial charge >= 0.3 is 0 Å². The number of benzene rings is 2. The second-order valence-electron chi connectivity index (χ2n) is 6.74. The highest BCUT2D eigenvalue weighted by molar-refractivity contribution is 7.99. The van der Waals surface area contributed by atoms with E-state index in [-0.39, 0.29) is 17.2 Å². The van der Waals surface area contributed by atoms with Crippen LogP contribution in [0.2, 0.25) is 0 Å². The molecule has 0 saturated heterocycles. The highest BCUT2D eigenvalue weighted by Gasteiger charge is 2.17. The van der Waals surface area contributed by atoms with Crippen molar-refractivity contribution >= 4 is 40.0 Å². The maximum atomic E-state index is 12.9. The van der Waals surface area contributed by atoms with Crippen LogP contribution in [0.4, 0.5) is 5.69 Å². The molecule has 0 bridgehead atoms. The third kappa shape index (κ3) is 3.63. The van der Waals surface area contributed by atoms with Gasteiger partial charge in [0.25, 0.3) is 5.56 Å². The molecule has 4 rings (SSSR count). The summed E-state index contributed by atoms with van der Waals surface area (Å²) in [6.07, 6.45) is 0.808. The van der Waals surface area contributed by atoms with Crippen molar-refractivity contribution in [1.82, 2.24) is 19.2 Å². The predicted octanol–water partition coefficient (Wildman–Crippen LogP) is 3.49. The van der Waals surface area contributed by atoms with Crippen LogP contribution in [-0.2, 0) is 11.3 Å². The number of thioether (sulfide) groups is 1. The zero-order chi connectivity index (χ0) is 20.4. The van der Waals surface area contributed by atoms with Gasteiger partial charge in [-0.3, -0.25) is 18.6 Å². The maximum absolute atomic E-state index is 12.9. The van der Waals surface area contributed by atoms with Gasteiger partial charge < -0.3 is 5.32 Å². The summed E-state index contributed by atoms with van der Waals surface area (Å²) in [5.41, 5.74) is 2.47. The number of rotatable bonds is 6. The second kappa shape index (κ2) is 8.08. The van der Waals surface area contributed by atoms with Gasteiger partial charge in [0.15, 0.2) is 5.16 Å². The number of nitrogens with one attached hydrogen (secondary N) is 1. The normalized spacial score (nSPS) is 11.2. The van der Waals surface area contributed by atoms with Crippen LogP contribution in [0.3, 0.4) is 0 Å². The van der Waals surface area contributed by atoms with Gasteiger partial charge in [-0.15, -0.1) is 10.2 Å². The number of carbonyl (C=O) groups excluding carboxylic acids is 1. The van der Waals surface area contributed by atoms with Crippen LogP contribution < -0.4 is 10.9 Å². The fourth-order valence-corrected chi connectivity index (χ4v) is 4.02. The minimum atomic E-state index is -0.118. The Kier molecular flexibility index (Phi) is 5.35. The summed E-state index contributed by atoms with van der Waals surface area (Å²) < 4.78 is 3.50. The van der Waals surface area contributed by atoms with Crippen LogP contribution in [0.5, 0.6) is 0 Å². The lowest BCUT2D eigenvalue weighted by molar-refractivity contribution is -0.113. The van der Waals surface area contributed by atoms with Crippen molar-refractivity contribution in [1.29, 1.82) is 0 Å². The molecule has 2 aromatic carbocycles. The lowest BCUT2D eigenvalue weighted by Crippen LogP contribution is -2.23. The van der Waals surface area contributed by atoms with Gasteiger partial charge in [-0.25, -0.2) is 0 Å². The summed E-state index contributed by atoms with van der Waals surface area (Å²) in [5, 5.41) is 12.6. The molecule has 4 aromatic rings. The molecule has 8 heteroatoms. The first-order valence-corrected chi connectivity index (χ1v) is 10.4. The van der Waals surface area contributed by atoms with E-state index in [9.17, 15) is 9.59 Å². The Morgan fingerprint density at radius 2 is 1.86 bits per heavy atom. The highest BCUT2D eigenvalue weighted by atomic mass is 32.2. The van der Waals surface area contributed by atoms with Crippen LogP contribution in [-0.4, -0.2) is 30.8 Å². The first-order valence-electron chi connectivity index (χ1n) is 9.45. The van der Waals surface area contributed by atoms with Crippen molar-refractivity contribution in [2.24, 2.45) is 0 Å². The first-order chi connectivity index (χ1) is 14.1. The number of hydrogen-bond acceptors (Lipinski definition) is 5. The van der Waals surface area contributed by atoms with Crippen LogP contribution in [0.15, 0.2) is 58.5 Å². The Labute approximate surface area is 171 Å². The minimum Gasteiger partial charge on any atom is -0.325 e. The Morgan fingerprint density at radius 3 is 2.66 bits per heavy atom. The molecule has 0 atom stereocenters. The standard InChI is InChI=1S/C21H21N5O2S/c1-3-12-25-19(28)15-9-5-7-11-17(15)26-20(25)23-24-21(26)29-13-18(27)22-16-10-6-4-8-14(16)2/h4-11H,3,12-13H2,1-2H3,(H,22,27). The van der Waals surface area contributed by atoms with Gasteiger partial charge in [-0.1, -0.05) is 49.0 Å². The molecule has 29 heavy (non-hydrogen) atoms. The summed E-state index contributed by atoms with van der Waals surface area (Å²) in [6.45, 7) is 4.53. The minimum absolute atomic E-state index is 0.0730. The van der Waals surface area contributed by atoms with E-state index in [2.05, 4.69) is 15.5 Å². The Morgan fingerprint density at radius 1 is 1.10 bits per heavy atom. The van der Waals surface area contributed by atoms with Gasteiger partial charge in [0.2, 0.25) is 11.7 Å². The summed E-state index contributed by atoms with van der Waals surface area (Å²) in [7, 11) is 0. The van der Waals surface area contributed by atoms with Crippen molar-refractivity contribution in [2.45, 2.75) is 32.0 Å². The molecule has 148 valence electrons. The van der Waals surface area contributed by atoms with Crippen molar-refractivity contribution in [3.05, 3.63) is 64.4 Å². The Hall–Kier alpha value is -3.13. The van der Waals surface area contributed by atoms with E-state index in [0.717, 1.165) is 23.2 Å². The number of amides is 1. The number of aryl methyl sites for hydroxylation is 2. The van der Waals surface area contributed by atoms with E-state index in [0.29, 0.717) is 22.9 Å². The molecule has 0 radical (unpaired) electrons. The molecular weight excluding hydrogens is 386 g/mol. The summed E-state index contributed by atoms with van der Waals surface area (Å²) in [5.74, 6) is 0.570. The van der Waals surface area contributed by atoms with E-state index in [4.69, 9.17) is 0 Å². The smallest absolute Gasteiger partial charge is 0.262 e. The Balaban J connectivity index is 1.67. The fraction of sp³-hybridized carbons (Fsp3) is 0.238. The highest BCUT2D eigenvalue weighted by Crippen LogP contribution is 2.22. The predicted molar refractivity (Wildman–Crippen MR) is 116 cm³/mol. The number of hydrogen-bond donors (Lipinski definition) is 1. The molecule has 1 amide bonds. The fourth-order valence-electron chi connectivity index (χ4n) is 3.28. The van der Waals surface area contributed by atoms with Gasteiger partial charge in [-0.05, 0) is 37.1 Å². The van der Waals surface area contributed by atoms with Crippen molar-refractivity contribution in [2.75, 3.05) is 11.1 Å². The molecule has 0 fully saturated rings. The molecule has 0 aliphatic rings. The van der Waals surface area contributed by atoms with Crippen LogP contribution >= 0.6 is 11.8 Å². The SMILES string of the molecule is CCCn1c(=O)c2ccccc2n2c(SCC(=O)Nc3ccccc3C)nnc12. The van der Waals surface area contributed by atoms with Gasteiger partial charge in [-0.2, -0.15) is 0 Å². The zero-order valence-corrected chi connectivity index (χ0v) is 17.1. The van der Waals surface area contributed by atoms with Crippen LogP contribution in [0, 0.1) is 6.92 Å². The van der Waals surface area contributed by atoms with E-state index in [1.807, 2.05) is 66.8 Å². The third-order valence-corrected chi connectivity index (χ3v) is 5.61. The van der Waals surface area contributed by atoms with Gasteiger partial charge in [0.05, 0.1) is 16.7 Å².